The number of guanidine groups is 1. The molecule has 0 aromatic heterocycles. The minimum Gasteiger partial charge on any atom is -0.370 e. The van der Waals surface area contributed by atoms with Gasteiger partial charge in [-0.3, -0.25) is 4.99 Å². The Hall–Kier alpha value is -1.55. The van der Waals surface area contributed by atoms with Crippen molar-refractivity contribution in [3.05, 3.63) is 35.9 Å². The van der Waals surface area contributed by atoms with Gasteiger partial charge >= 0.3 is 0 Å². The lowest BCUT2D eigenvalue weighted by Gasteiger charge is -2.28. The first-order valence-corrected chi connectivity index (χ1v) is 7.92. The van der Waals surface area contributed by atoms with E-state index in [1.54, 1.807) is 0 Å². The Labute approximate surface area is 128 Å². The van der Waals surface area contributed by atoms with Gasteiger partial charge in [0.2, 0.25) is 0 Å². The summed E-state index contributed by atoms with van der Waals surface area (Å²) in [5, 5.41) is 0. The zero-order valence-corrected chi connectivity index (χ0v) is 13.3. The molecule has 1 unspecified atom stereocenters. The van der Waals surface area contributed by atoms with Gasteiger partial charge in [-0.15, -0.1) is 0 Å². The molecule has 0 bridgehead atoms. The fourth-order valence-corrected chi connectivity index (χ4v) is 2.72. The average Bonchev–Trinajstić information content (AvgIpc) is 2.52. The quantitative estimate of drug-likeness (QED) is 0.665. The van der Waals surface area contributed by atoms with Crippen LogP contribution in [0.4, 0.5) is 0 Å². The van der Waals surface area contributed by atoms with E-state index in [4.69, 9.17) is 5.73 Å². The van der Waals surface area contributed by atoms with Crippen LogP contribution in [0, 0.1) is 0 Å². The lowest BCUT2D eigenvalue weighted by molar-refractivity contribution is 0.294. The molecular weight excluding hydrogens is 260 g/mol. The highest BCUT2D eigenvalue weighted by atomic mass is 15.3. The summed E-state index contributed by atoms with van der Waals surface area (Å²) in [6, 6.07) is 11.0. The van der Waals surface area contributed by atoms with E-state index >= 15 is 0 Å². The van der Waals surface area contributed by atoms with Gasteiger partial charge in [0.1, 0.15) is 0 Å². The van der Waals surface area contributed by atoms with Crippen molar-refractivity contribution < 1.29 is 0 Å². The SMILES string of the molecule is CN(C)C(CN=C(N)N1CCCCC1)Cc1ccccc1. The fraction of sp³-hybridized carbons (Fsp3) is 0.588. The van der Waals surface area contributed by atoms with Gasteiger partial charge in [-0.05, 0) is 45.3 Å². The first-order valence-electron chi connectivity index (χ1n) is 7.92. The van der Waals surface area contributed by atoms with E-state index in [-0.39, 0.29) is 0 Å². The number of piperidine rings is 1. The number of rotatable bonds is 5. The molecule has 1 aromatic rings. The zero-order valence-electron chi connectivity index (χ0n) is 13.3. The second kappa shape index (κ2) is 8.03. The number of benzene rings is 1. The van der Waals surface area contributed by atoms with Crippen LogP contribution >= 0.6 is 0 Å². The summed E-state index contributed by atoms with van der Waals surface area (Å²) in [6.07, 6.45) is 4.79. The normalized spacial score (nSPS) is 18.0. The Morgan fingerprint density at radius 1 is 1.19 bits per heavy atom. The molecule has 1 fully saturated rings. The molecule has 0 saturated carbocycles. The van der Waals surface area contributed by atoms with E-state index in [1.807, 2.05) is 0 Å². The molecule has 1 aliphatic heterocycles. The maximum Gasteiger partial charge on any atom is 0.191 e. The van der Waals surface area contributed by atoms with Crippen molar-refractivity contribution in [1.82, 2.24) is 9.80 Å². The Balaban J connectivity index is 1.93. The van der Waals surface area contributed by atoms with Crippen molar-refractivity contribution in [2.75, 3.05) is 33.7 Å². The van der Waals surface area contributed by atoms with Crippen molar-refractivity contribution in [3.8, 4) is 0 Å². The Morgan fingerprint density at radius 3 is 2.48 bits per heavy atom. The third kappa shape index (κ3) is 5.05. The zero-order chi connectivity index (χ0) is 15.1. The molecule has 1 atom stereocenters. The highest BCUT2D eigenvalue weighted by molar-refractivity contribution is 5.78. The first kappa shape index (κ1) is 15.8. The molecule has 1 aromatic carbocycles. The Morgan fingerprint density at radius 2 is 1.86 bits per heavy atom. The van der Waals surface area contributed by atoms with E-state index in [2.05, 4.69) is 59.2 Å². The van der Waals surface area contributed by atoms with Crippen LogP contribution in [-0.2, 0) is 6.42 Å². The van der Waals surface area contributed by atoms with Crippen LogP contribution in [0.15, 0.2) is 35.3 Å². The van der Waals surface area contributed by atoms with Gasteiger partial charge in [0.15, 0.2) is 5.96 Å². The molecule has 1 saturated heterocycles. The number of nitrogens with zero attached hydrogens (tertiary/aromatic N) is 3. The molecule has 4 heteroatoms. The van der Waals surface area contributed by atoms with Crippen LogP contribution in [0.25, 0.3) is 0 Å². The summed E-state index contributed by atoms with van der Waals surface area (Å²) in [7, 11) is 4.22. The van der Waals surface area contributed by atoms with Crippen LogP contribution in [0.3, 0.4) is 0 Å². The summed E-state index contributed by atoms with van der Waals surface area (Å²) in [4.78, 5) is 9.10. The Bertz CT molecular complexity index is 435. The third-order valence-electron chi connectivity index (χ3n) is 4.19. The van der Waals surface area contributed by atoms with Gasteiger partial charge in [0.25, 0.3) is 0 Å². The molecule has 1 heterocycles. The predicted molar refractivity (Wildman–Crippen MR) is 89.5 cm³/mol. The van der Waals surface area contributed by atoms with Crippen LogP contribution < -0.4 is 5.73 Å². The largest absolute Gasteiger partial charge is 0.370 e. The summed E-state index contributed by atoms with van der Waals surface area (Å²) >= 11 is 0. The number of hydrogen-bond acceptors (Lipinski definition) is 2. The second-order valence-electron chi connectivity index (χ2n) is 6.05. The van der Waals surface area contributed by atoms with Crippen LogP contribution in [0.1, 0.15) is 24.8 Å². The molecule has 0 radical (unpaired) electrons. The minimum absolute atomic E-state index is 0.385. The molecule has 1 aliphatic rings. The van der Waals surface area contributed by atoms with Gasteiger partial charge in [0, 0.05) is 19.1 Å². The molecule has 0 aliphatic carbocycles. The van der Waals surface area contributed by atoms with Crippen molar-refractivity contribution in [2.45, 2.75) is 31.7 Å². The van der Waals surface area contributed by atoms with Crippen molar-refractivity contribution in [1.29, 1.82) is 0 Å². The van der Waals surface area contributed by atoms with Crippen LogP contribution in [0.2, 0.25) is 0 Å². The maximum atomic E-state index is 6.15. The molecule has 0 spiro atoms. The number of nitrogens with two attached hydrogens (primary N) is 1. The van der Waals surface area contributed by atoms with E-state index in [0.29, 0.717) is 6.04 Å². The molecular formula is C17H28N4. The van der Waals surface area contributed by atoms with E-state index in [0.717, 1.165) is 32.0 Å². The molecule has 2 rings (SSSR count). The predicted octanol–water partition coefficient (Wildman–Crippen LogP) is 1.96. The topological polar surface area (TPSA) is 44.9 Å². The van der Waals surface area contributed by atoms with Gasteiger partial charge in [0.05, 0.1) is 6.54 Å². The summed E-state index contributed by atoms with van der Waals surface area (Å²) in [6.45, 7) is 2.87. The molecule has 0 amide bonds. The fourth-order valence-electron chi connectivity index (χ4n) is 2.72. The second-order valence-corrected chi connectivity index (χ2v) is 6.05. The monoisotopic (exact) mass is 288 g/mol. The number of likely N-dealkylation sites (tertiary alicyclic amines) is 1. The van der Waals surface area contributed by atoms with Gasteiger partial charge in [-0.25, -0.2) is 0 Å². The molecule has 2 N–H and O–H groups in total. The number of aliphatic imine (C=N–C) groups is 1. The smallest absolute Gasteiger partial charge is 0.191 e. The first-order chi connectivity index (χ1) is 10.2. The van der Waals surface area contributed by atoms with E-state index in [1.165, 1.54) is 24.8 Å². The van der Waals surface area contributed by atoms with E-state index < -0.39 is 0 Å². The van der Waals surface area contributed by atoms with Gasteiger partial charge in [-0.2, -0.15) is 0 Å². The van der Waals surface area contributed by atoms with E-state index in [9.17, 15) is 0 Å². The maximum absolute atomic E-state index is 6.15. The molecule has 21 heavy (non-hydrogen) atoms. The van der Waals surface area contributed by atoms with Crippen LogP contribution in [-0.4, -0.2) is 55.5 Å². The van der Waals surface area contributed by atoms with Crippen LogP contribution in [0.5, 0.6) is 0 Å². The molecule has 4 nitrogen and oxygen atoms in total. The summed E-state index contributed by atoms with van der Waals surface area (Å²) in [5.41, 5.74) is 7.50. The lowest BCUT2D eigenvalue weighted by Crippen LogP contribution is -2.42. The van der Waals surface area contributed by atoms with Crippen molar-refractivity contribution >= 4 is 5.96 Å². The summed E-state index contributed by atoms with van der Waals surface area (Å²) < 4.78 is 0. The minimum atomic E-state index is 0.385. The number of likely N-dealkylation sites (N-methyl/N-ethyl adjacent to an activating group) is 1. The third-order valence-corrected chi connectivity index (χ3v) is 4.19. The highest BCUT2D eigenvalue weighted by Crippen LogP contribution is 2.10. The van der Waals surface area contributed by atoms with Gasteiger partial charge in [-0.1, -0.05) is 30.3 Å². The summed E-state index contributed by atoms with van der Waals surface area (Å²) in [5.74, 6) is 0.717. The standard InChI is InChI=1S/C17H28N4/c1-20(2)16(13-15-9-5-3-6-10-15)14-19-17(18)21-11-7-4-8-12-21/h3,5-6,9-10,16H,4,7-8,11-14H2,1-2H3,(H2,18,19). The highest BCUT2D eigenvalue weighted by Gasteiger charge is 2.15. The Kier molecular flexibility index (Phi) is 6.05. The van der Waals surface area contributed by atoms with Crippen molar-refractivity contribution in [2.24, 2.45) is 10.7 Å². The number of hydrogen-bond donors (Lipinski definition) is 1. The molecule has 116 valence electrons. The lowest BCUT2D eigenvalue weighted by atomic mass is 10.1. The average molecular weight is 288 g/mol. The van der Waals surface area contributed by atoms with Gasteiger partial charge < -0.3 is 15.5 Å². The van der Waals surface area contributed by atoms with Crippen molar-refractivity contribution in [3.63, 3.8) is 0 Å².